The Morgan fingerprint density at radius 2 is 2.04 bits per heavy atom. The van der Waals surface area contributed by atoms with E-state index in [4.69, 9.17) is 14.7 Å². The zero-order valence-corrected chi connectivity index (χ0v) is 15.5. The number of likely N-dealkylation sites (tertiary alicyclic amines) is 1. The number of fused-ring (bicyclic) bond motifs is 2. The average Bonchev–Trinajstić information content (AvgIpc) is 3.27. The molecule has 2 fully saturated rings. The quantitative estimate of drug-likeness (QED) is 0.846. The van der Waals surface area contributed by atoms with Crippen molar-refractivity contribution in [2.75, 3.05) is 13.1 Å². The molecule has 0 radical (unpaired) electrons. The fourth-order valence-corrected chi connectivity index (χ4v) is 4.73. The van der Waals surface area contributed by atoms with Crippen molar-refractivity contribution in [2.24, 2.45) is 0 Å². The lowest BCUT2D eigenvalue weighted by molar-refractivity contribution is -0.145. The third kappa shape index (κ3) is 2.76. The Morgan fingerprint density at radius 3 is 2.81 bits per heavy atom. The van der Waals surface area contributed by atoms with Gasteiger partial charge in [0.15, 0.2) is 0 Å². The van der Waals surface area contributed by atoms with E-state index in [0.717, 1.165) is 37.7 Å². The van der Waals surface area contributed by atoms with Crippen LogP contribution in [0.2, 0.25) is 0 Å². The Morgan fingerprint density at radius 1 is 1.19 bits per heavy atom. The molecule has 1 spiro atoms. The topological polar surface area (TPSA) is 56.1 Å². The van der Waals surface area contributed by atoms with E-state index < -0.39 is 0 Å². The van der Waals surface area contributed by atoms with E-state index >= 15 is 0 Å². The molecule has 0 unspecified atom stereocenters. The molecule has 5 rings (SSSR count). The maximum atomic E-state index is 6.22. The molecule has 6 nitrogen and oxygen atoms in total. The van der Waals surface area contributed by atoms with Crippen LogP contribution in [0.5, 0.6) is 0 Å². The summed E-state index contributed by atoms with van der Waals surface area (Å²) < 4.78 is 8.20. The Balaban J connectivity index is 1.27. The molecule has 0 N–H and O–H groups in total. The van der Waals surface area contributed by atoms with Crippen LogP contribution in [0, 0.1) is 0 Å². The summed E-state index contributed by atoms with van der Waals surface area (Å²) in [6.07, 6.45) is 12.6. The minimum absolute atomic E-state index is 0.179. The van der Waals surface area contributed by atoms with Gasteiger partial charge in [-0.1, -0.05) is 19.3 Å². The van der Waals surface area contributed by atoms with E-state index in [0.29, 0.717) is 12.5 Å². The molecule has 26 heavy (non-hydrogen) atoms. The van der Waals surface area contributed by atoms with Crippen molar-refractivity contribution in [3.63, 3.8) is 0 Å². The molecule has 2 aromatic rings. The summed E-state index contributed by atoms with van der Waals surface area (Å²) in [4.78, 5) is 12.1. The molecule has 0 atom stereocenters. The number of hydrogen-bond acceptors (Lipinski definition) is 5. The van der Waals surface area contributed by atoms with E-state index in [2.05, 4.69) is 29.3 Å². The molecule has 0 aromatic carbocycles. The molecule has 3 aliphatic rings. The van der Waals surface area contributed by atoms with Gasteiger partial charge in [-0.3, -0.25) is 9.58 Å². The summed E-state index contributed by atoms with van der Waals surface area (Å²) in [5.41, 5.74) is 3.43. The maximum absolute atomic E-state index is 6.22. The predicted octanol–water partition coefficient (Wildman–Crippen LogP) is 2.98. The molecular weight excluding hydrogens is 326 g/mol. The second kappa shape index (κ2) is 6.43. The van der Waals surface area contributed by atoms with Crippen molar-refractivity contribution in [3.05, 3.63) is 41.2 Å². The van der Waals surface area contributed by atoms with E-state index in [9.17, 15) is 0 Å². The summed E-state index contributed by atoms with van der Waals surface area (Å²) in [7, 11) is 0. The lowest BCUT2D eigenvalue weighted by Crippen LogP contribution is -2.58. The van der Waals surface area contributed by atoms with Crippen molar-refractivity contribution in [3.8, 4) is 0 Å². The first-order valence-electron chi connectivity index (χ1n) is 10.00. The first kappa shape index (κ1) is 16.4. The van der Waals surface area contributed by atoms with Gasteiger partial charge in [-0.25, -0.2) is 9.97 Å². The minimum Gasteiger partial charge on any atom is -0.361 e. The molecule has 0 bridgehead atoms. The second-order valence-electron chi connectivity index (χ2n) is 8.06. The van der Waals surface area contributed by atoms with Crippen LogP contribution in [0.3, 0.4) is 0 Å². The molecule has 1 saturated heterocycles. The number of nitrogens with zero attached hydrogens (tertiary/aromatic N) is 5. The van der Waals surface area contributed by atoms with Gasteiger partial charge in [0.05, 0.1) is 18.5 Å². The van der Waals surface area contributed by atoms with Crippen LogP contribution >= 0.6 is 0 Å². The third-order valence-corrected chi connectivity index (χ3v) is 6.21. The van der Waals surface area contributed by atoms with Crippen LogP contribution < -0.4 is 0 Å². The van der Waals surface area contributed by atoms with Gasteiger partial charge in [-0.05, 0) is 19.8 Å². The first-order valence-corrected chi connectivity index (χ1v) is 10.00. The number of rotatable bonds is 4. The normalized spacial score (nSPS) is 22.5. The highest BCUT2D eigenvalue weighted by Gasteiger charge is 2.50. The third-order valence-electron chi connectivity index (χ3n) is 6.21. The van der Waals surface area contributed by atoms with E-state index in [1.807, 2.05) is 10.9 Å². The molecule has 0 amide bonds. The van der Waals surface area contributed by atoms with E-state index in [1.54, 1.807) is 0 Å². The summed E-state index contributed by atoms with van der Waals surface area (Å²) in [6.45, 7) is 6.44. The SMILES string of the molecule is CCn1cc(CN2CC3(C2)OCc2nc(C4CCCCC4)ncc23)cn1. The summed E-state index contributed by atoms with van der Waals surface area (Å²) in [5.74, 6) is 1.60. The predicted molar refractivity (Wildman–Crippen MR) is 97.5 cm³/mol. The number of aryl methyl sites for hydroxylation is 1. The van der Waals surface area contributed by atoms with Crippen molar-refractivity contribution in [1.29, 1.82) is 0 Å². The average molecular weight is 353 g/mol. The highest BCUT2D eigenvalue weighted by atomic mass is 16.5. The standard InChI is InChI=1S/C20H27N5O/c1-2-25-11-15(8-22-25)10-24-13-20(14-24)17-9-21-19(23-18(17)12-26-20)16-6-4-3-5-7-16/h8-9,11,16H,2-7,10,12-14H2,1H3. The van der Waals surface area contributed by atoms with Crippen LogP contribution in [-0.4, -0.2) is 37.7 Å². The molecule has 1 aliphatic carbocycles. The molecule has 138 valence electrons. The van der Waals surface area contributed by atoms with E-state index in [-0.39, 0.29) is 5.60 Å². The molecule has 4 heterocycles. The Kier molecular flexibility index (Phi) is 4.05. The Labute approximate surface area is 154 Å². The zero-order chi connectivity index (χ0) is 17.6. The molecule has 2 aliphatic heterocycles. The van der Waals surface area contributed by atoms with Crippen LogP contribution in [0.15, 0.2) is 18.6 Å². The molecule has 1 saturated carbocycles. The van der Waals surface area contributed by atoms with Crippen molar-refractivity contribution >= 4 is 0 Å². The monoisotopic (exact) mass is 353 g/mol. The first-order chi connectivity index (χ1) is 12.8. The van der Waals surface area contributed by atoms with Gasteiger partial charge in [-0.15, -0.1) is 0 Å². The maximum Gasteiger partial charge on any atom is 0.131 e. The van der Waals surface area contributed by atoms with Gasteiger partial charge in [0.2, 0.25) is 0 Å². The summed E-state index contributed by atoms with van der Waals surface area (Å²) >= 11 is 0. The van der Waals surface area contributed by atoms with Gasteiger partial charge in [0, 0.05) is 55.6 Å². The largest absolute Gasteiger partial charge is 0.361 e. The zero-order valence-electron chi connectivity index (χ0n) is 15.5. The van der Waals surface area contributed by atoms with Gasteiger partial charge < -0.3 is 4.74 Å². The minimum atomic E-state index is -0.179. The number of ether oxygens (including phenoxy) is 1. The van der Waals surface area contributed by atoms with Crippen molar-refractivity contribution in [1.82, 2.24) is 24.6 Å². The smallest absolute Gasteiger partial charge is 0.131 e. The molecular formula is C20H27N5O. The highest BCUT2D eigenvalue weighted by molar-refractivity contribution is 5.33. The van der Waals surface area contributed by atoms with Gasteiger partial charge >= 0.3 is 0 Å². The van der Waals surface area contributed by atoms with Gasteiger partial charge in [0.1, 0.15) is 11.4 Å². The van der Waals surface area contributed by atoms with Crippen LogP contribution in [0.1, 0.15) is 67.6 Å². The van der Waals surface area contributed by atoms with Crippen molar-refractivity contribution in [2.45, 2.75) is 70.2 Å². The Hall–Kier alpha value is -1.79. The fourth-order valence-electron chi connectivity index (χ4n) is 4.73. The Bertz CT molecular complexity index is 789. The lowest BCUT2D eigenvalue weighted by atomic mass is 9.86. The highest BCUT2D eigenvalue weighted by Crippen LogP contribution is 2.43. The van der Waals surface area contributed by atoms with Gasteiger partial charge in [-0.2, -0.15) is 5.10 Å². The molecule has 2 aromatic heterocycles. The van der Waals surface area contributed by atoms with Crippen molar-refractivity contribution < 1.29 is 4.74 Å². The summed E-state index contributed by atoms with van der Waals surface area (Å²) in [6, 6.07) is 0. The van der Waals surface area contributed by atoms with Crippen LogP contribution in [-0.2, 0) is 30.0 Å². The van der Waals surface area contributed by atoms with Gasteiger partial charge in [0.25, 0.3) is 0 Å². The fraction of sp³-hybridized carbons (Fsp3) is 0.650. The van der Waals surface area contributed by atoms with Crippen LogP contribution in [0.25, 0.3) is 0 Å². The van der Waals surface area contributed by atoms with E-state index in [1.165, 1.54) is 43.2 Å². The molecule has 6 heteroatoms. The van der Waals surface area contributed by atoms with Crippen LogP contribution in [0.4, 0.5) is 0 Å². The lowest BCUT2D eigenvalue weighted by Gasteiger charge is -2.47. The number of aromatic nitrogens is 4. The summed E-state index contributed by atoms with van der Waals surface area (Å²) in [5, 5.41) is 4.36. The second-order valence-corrected chi connectivity index (χ2v) is 8.06. The number of hydrogen-bond donors (Lipinski definition) is 0.